The molecule has 0 saturated carbocycles. The highest BCUT2D eigenvalue weighted by Gasteiger charge is 2.03. The predicted molar refractivity (Wildman–Crippen MR) is 50.9 cm³/mol. The predicted octanol–water partition coefficient (Wildman–Crippen LogP) is 3.18. The van der Waals surface area contributed by atoms with Gasteiger partial charge < -0.3 is 0 Å². The number of rotatable bonds is 0. The van der Waals surface area contributed by atoms with E-state index in [1.165, 1.54) is 15.3 Å². The van der Waals surface area contributed by atoms with Crippen LogP contribution in [0.3, 0.4) is 0 Å². The number of aryl methyl sites for hydroxylation is 1. The first kappa shape index (κ1) is 6.86. The van der Waals surface area contributed by atoms with Crippen LogP contribution in [0.25, 0.3) is 6.08 Å². The van der Waals surface area contributed by atoms with Crippen LogP contribution < -0.4 is 0 Å². The molecule has 2 rings (SSSR count). The fraction of sp³-hybridized carbons (Fsp3) is 0.200. The minimum atomic E-state index is 1.10. The van der Waals surface area contributed by atoms with Crippen LogP contribution >= 0.6 is 11.3 Å². The molecule has 1 aliphatic rings. The smallest absolute Gasteiger partial charge is 0.0158 e. The van der Waals surface area contributed by atoms with Crippen molar-refractivity contribution in [3.8, 4) is 0 Å². The monoisotopic (exact) mass is 162 g/mol. The first-order valence-corrected chi connectivity index (χ1v) is 4.60. The van der Waals surface area contributed by atoms with Gasteiger partial charge in [0.2, 0.25) is 0 Å². The summed E-state index contributed by atoms with van der Waals surface area (Å²) in [5.41, 5.74) is 1.40. The second-order valence-corrected chi connectivity index (χ2v) is 4.07. The third kappa shape index (κ3) is 1.29. The summed E-state index contributed by atoms with van der Waals surface area (Å²) in [5.74, 6) is 0. The lowest BCUT2D eigenvalue weighted by Crippen LogP contribution is -1.74. The van der Waals surface area contributed by atoms with Gasteiger partial charge in [-0.25, -0.2) is 0 Å². The zero-order valence-corrected chi connectivity index (χ0v) is 7.32. The normalized spacial score (nSPS) is 14.6. The third-order valence-corrected chi connectivity index (χ3v) is 2.88. The molecule has 56 valence electrons. The molecule has 1 heterocycles. The maximum atomic E-state index is 2.25. The summed E-state index contributed by atoms with van der Waals surface area (Å²) in [6, 6.07) is 2.25. The van der Waals surface area contributed by atoms with Crippen LogP contribution in [-0.2, 0) is 6.42 Å². The van der Waals surface area contributed by atoms with Crippen molar-refractivity contribution in [2.75, 3.05) is 0 Å². The maximum Gasteiger partial charge on any atom is 0.0158 e. The summed E-state index contributed by atoms with van der Waals surface area (Å²) < 4.78 is 0. The first-order valence-electron chi connectivity index (χ1n) is 3.79. The van der Waals surface area contributed by atoms with Crippen molar-refractivity contribution in [1.82, 2.24) is 0 Å². The lowest BCUT2D eigenvalue weighted by atomic mass is 10.2. The van der Waals surface area contributed by atoms with E-state index in [1.807, 2.05) is 11.3 Å². The summed E-state index contributed by atoms with van der Waals surface area (Å²) in [6.07, 6.45) is 9.71. The average Bonchev–Trinajstić information content (AvgIpc) is 2.17. The van der Waals surface area contributed by atoms with Crippen LogP contribution in [0.4, 0.5) is 0 Å². The average molecular weight is 162 g/mol. The number of fused-ring (bicyclic) bond motifs is 1. The van der Waals surface area contributed by atoms with E-state index >= 15 is 0 Å². The Balaban J connectivity index is 2.51. The molecule has 1 aromatic heterocycles. The Kier molecular flexibility index (Phi) is 1.66. The van der Waals surface area contributed by atoms with Gasteiger partial charge in [-0.15, -0.1) is 11.3 Å². The SMILES string of the molecule is Cc1cc2c(s1)CC=CC=C2. The van der Waals surface area contributed by atoms with Crippen molar-refractivity contribution in [3.05, 3.63) is 39.6 Å². The van der Waals surface area contributed by atoms with Gasteiger partial charge in [0.15, 0.2) is 0 Å². The molecule has 1 aromatic rings. The maximum absolute atomic E-state index is 2.25. The molecule has 0 fully saturated rings. The number of allylic oxidation sites excluding steroid dienone is 3. The zero-order chi connectivity index (χ0) is 7.68. The van der Waals surface area contributed by atoms with Crippen LogP contribution in [-0.4, -0.2) is 0 Å². The largest absolute Gasteiger partial charge is 0.145 e. The second kappa shape index (κ2) is 2.67. The zero-order valence-electron chi connectivity index (χ0n) is 6.50. The van der Waals surface area contributed by atoms with Crippen molar-refractivity contribution in [3.63, 3.8) is 0 Å². The summed E-state index contributed by atoms with van der Waals surface area (Å²) >= 11 is 1.90. The molecule has 0 N–H and O–H groups in total. The van der Waals surface area contributed by atoms with Crippen LogP contribution in [0.1, 0.15) is 15.3 Å². The molecule has 11 heavy (non-hydrogen) atoms. The fourth-order valence-electron chi connectivity index (χ4n) is 1.30. The van der Waals surface area contributed by atoms with Crippen molar-refractivity contribution in [2.24, 2.45) is 0 Å². The second-order valence-electron chi connectivity index (χ2n) is 2.73. The van der Waals surface area contributed by atoms with Gasteiger partial charge in [-0.05, 0) is 18.6 Å². The van der Waals surface area contributed by atoms with E-state index in [-0.39, 0.29) is 0 Å². The molecule has 0 unspecified atom stereocenters. The van der Waals surface area contributed by atoms with Crippen LogP contribution in [0.5, 0.6) is 0 Å². The topological polar surface area (TPSA) is 0 Å². The van der Waals surface area contributed by atoms with Crippen LogP contribution in [0.2, 0.25) is 0 Å². The number of hydrogen-bond acceptors (Lipinski definition) is 1. The molecule has 0 radical (unpaired) electrons. The molecule has 0 aliphatic heterocycles. The molecule has 0 amide bonds. The van der Waals surface area contributed by atoms with Crippen molar-refractivity contribution < 1.29 is 0 Å². The van der Waals surface area contributed by atoms with Gasteiger partial charge in [0.1, 0.15) is 0 Å². The number of hydrogen-bond donors (Lipinski definition) is 0. The van der Waals surface area contributed by atoms with E-state index in [4.69, 9.17) is 0 Å². The van der Waals surface area contributed by atoms with Crippen molar-refractivity contribution >= 4 is 17.4 Å². The van der Waals surface area contributed by atoms with Gasteiger partial charge in [-0.2, -0.15) is 0 Å². The molecular formula is C10H10S. The van der Waals surface area contributed by atoms with Crippen LogP contribution in [0, 0.1) is 6.92 Å². The van der Waals surface area contributed by atoms with E-state index in [1.54, 1.807) is 0 Å². The summed E-state index contributed by atoms with van der Waals surface area (Å²) in [6.45, 7) is 2.16. The summed E-state index contributed by atoms with van der Waals surface area (Å²) in [4.78, 5) is 2.91. The molecule has 1 aliphatic carbocycles. The molecule has 0 saturated heterocycles. The molecule has 1 heteroatoms. The van der Waals surface area contributed by atoms with Crippen molar-refractivity contribution in [2.45, 2.75) is 13.3 Å². The fourth-order valence-corrected chi connectivity index (χ4v) is 2.29. The highest BCUT2D eigenvalue weighted by molar-refractivity contribution is 7.12. The Hall–Kier alpha value is -0.820. The highest BCUT2D eigenvalue weighted by Crippen LogP contribution is 2.25. The Morgan fingerprint density at radius 2 is 2.27 bits per heavy atom. The lowest BCUT2D eigenvalue weighted by Gasteiger charge is -1.89. The van der Waals surface area contributed by atoms with Crippen molar-refractivity contribution in [1.29, 1.82) is 0 Å². The van der Waals surface area contributed by atoms with E-state index < -0.39 is 0 Å². The number of thiophene rings is 1. The Labute approximate surface area is 70.9 Å². The summed E-state index contributed by atoms with van der Waals surface area (Å²) in [5, 5.41) is 0. The Morgan fingerprint density at radius 1 is 1.36 bits per heavy atom. The van der Waals surface area contributed by atoms with Gasteiger partial charge in [-0.3, -0.25) is 0 Å². The van der Waals surface area contributed by atoms with Gasteiger partial charge in [0.25, 0.3) is 0 Å². The molecular weight excluding hydrogens is 152 g/mol. The molecule has 0 nitrogen and oxygen atoms in total. The lowest BCUT2D eigenvalue weighted by molar-refractivity contribution is 1.34. The molecule has 0 aromatic carbocycles. The van der Waals surface area contributed by atoms with Gasteiger partial charge >= 0.3 is 0 Å². The minimum absolute atomic E-state index is 1.10. The van der Waals surface area contributed by atoms with E-state index in [9.17, 15) is 0 Å². The van der Waals surface area contributed by atoms with Gasteiger partial charge in [-0.1, -0.05) is 24.3 Å². The Bertz CT molecular complexity index is 316. The van der Waals surface area contributed by atoms with E-state index in [2.05, 4.69) is 37.3 Å². The van der Waals surface area contributed by atoms with Crippen LogP contribution in [0.15, 0.2) is 24.3 Å². The van der Waals surface area contributed by atoms with Gasteiger partial charge in [0.05, 0.1) is 0 Å². The molecule has 0 bridgehead atoms. The summed E-state index contributed by atoms with van der Waals surface area (Å²) in [7, 11) is 0. The quantitative estimate of drug-likeness (QED) is 0.549. The standard InChI is InChI=1S/C10H10S/c1-8-7-9-5-3-2-4-6-10(9)11-8/h2-5,7H,6H2,1H3. The first-order chi connectivity index (χ1) is 5.36. The highest BCUT2D eigenvalue weighted by atomic mass is 32.1. The molecule has 0 atom stereocenters. The van der Waals surface area contributed by atoms with E-state index in [0.29, 0.717) is 0 Å². The van der Waals surface area contributed by atoms with Gasteiger partial charge in [0, 0.05) is 16.2 Å². The molecule has 0 spiro atoms. The Morgan fingerprint density at radius 3 is 3.18 bits per heavy atom. The minimum Gasteiger partial charge on any atom is -0.145 e. The third-order valence-electron chi connectivity index (χ3n) is 1.79. The van der Waals surface area contributed by atoms with E-state index in [0.717, 1.165) is 6.42 Å².